The second-order valence-corrected chi connectivity index (χ2v) is 45.3. The lowest BCUT2D eigenvalue weighted by molar-refractivity contribution is 0.00578. The predicted molar refractivity (Wildman–Crippen MR) is 577 cm³/mol. The molecule has 0 N–H and O–H groups in total. The van der Waals surface area contributed by atoms with Crippen LogP contribution in [-0.2, 0) is 87.1 Å². The lowest BCUT2D eigenvalue weighted by Gasteiger charge is -2.32. The Hall–Kier alpha value is -11.4. The Balaban J connectivity index is 0.000000136. The second kappa shape index (κ2) is 42.2. The van der Waals surface area contributed by atoms with Crippen LogP contribution in [0.2, 0.25) is 0 Å². The third-order valence-electron chi connectivity index (χ3n) is 27.4. The van der Waals surface area contributed by atoms with Gasteiger partial charge in [0.15, 0.2) is 0 Å². The van der Waals surface area contributed by atoms with Gasteiger partial charge in [-0.2, -0.15) is 0 Å². The number of aromatic nitrogens is 12. The molecule has 0 unspecified atom stereocenters. The molecule has 139 heavy (non-hydrogen) atoms. The summed E-state index contributed by atoms with van der Waals surface area (Å²) >= 11 is 9.87. The predicted octanol–water partition coefficient (Wildman–Crippen LogP) is 25.0. The van der Waals surface area contributed by atoms with Crippen molar-refractivity contribution < 1.29 is 18.1 Å². The van der Waals surface area contributed by atoms with Crippen LogP contribution in [-0.4, -0.2) is 75.6 Å². The van der Waals surface area contributed by atoms with Gasteiger partial charge in [-0.3, -0.25) is 56.2 Å². The maximum atomic E-state index is 13.8. The van der Waals surface area contributed by atoms with Gasteiger partial charge in [0.2, 0.25) is 0 Å². The summed E-state index contributed by atoms with van der Waals surface area (Å²) in [7, 11) is -0.250. The Bertz CT molecular complexity index is 7380. The SMILES string of the molecule is C.C=CB1OC(C)(C)C(C)(C)O1.C=Cc1ccc2c(=O)n3c(nc2c1)CC(C)(C)CC3.C=Cc1ccc2c(=O)n3c(nc2c1)CC(C)(C)CC3.C=Cc1ccc2c(=O)n3c(nc2c1)CCC(C)(C)C3.CC1(C)CCc2nc3cc(Br)ccc3c(=O)n2C1.CC1(C)CCn2c(nc3cc(/C=C/c4ccccc4F)ccc3c2=O)C1.CC1(C)CCn2c(nc3cc(Br)ccc3c2=O)C1.Fc1ccccc1Br. The largest absolute Gasteiger partial charge is 0.486 e. The molecule has 0 spiro atoms. The number of halogens is 5. The lowest BCUT2D eigenvalue weighted by atomic mass is 9.83. The summed E-state index contributed by atoms with van der Waals surface area (Å²) in [5, 5.41) is 4.16. The number of rotatable bonds is 6. The minimum absolute atomic E-state index is 0. The van der Waals surface area contributed by atoms with E-state index < -0.39 is 0 Å². The summed E-state index contributed by atoms with van der Waals surface area (Å²) in [4.78, 5) is 103. The highest BCUT2D eigenvalue weighted by Gasteiger charge is 2.50. The fraction of sp³-hybridized carbons (Fsp3) is 0.381. The molecule has 26 heteroatoms. The normalized spacial score (nSPS) is 17.3. The van der Waals surface area contributed by atoms with E-state index in [1.165, 1.54) is 12.1 Å². The van der Waals surface area contributed by atoms with Gasteiger partial charge in [0.1, 0.15) is 46.6 Å². The topological polar surface area (TPSA) is 228 Å². The number of fused-ring (bicyclic) bond motifs is 12. The first-order valence-corrected chi connectivity index (χ1v) is 49.6. The monoisotopic (exact) mass is 2070 g/mol. The molecule has 0 saturated carbocycles. The molecule has 6 aromatic heterocycles. The van der Waals surface area contributed by atoms with E-state index in [0.29, 0.717) is 47.9 Å². The van der Waals surface area contributed by atoms with Crippen molar-refractivity contribution in [3.8, 4) is 0 Å². The van der Waals surface area contributed by atoms with E-state index in [0.717, 1.165) is 210 Å². The maximum Gasteiger partial charge on any atom is 0.486 e. The van der Waals surface area contributed by atoms with Gasteiger partial charge in [-0.1, -0.05) is 233 Å². The van der Waals surface area contributed by atoms with E-state index in [2.05, 4.69) is 172 Å². The Labute approximate surface area is 838 Å². The van der Waals surface area contributed by atoms with E-state index in [4.69, 9.17) is 24.3 Å². The Morgan fingerprint density at radius 2 is 0.612 bits per heavy atom. The van der Waals surface area contributed by atoms with E-state index in [1.807, 2.05) is 170 Å². The van der Waals surface area contributed by atoms with Gasteiger partial charge in [-0.15, -0.1) is 6.58 Å². The molecule has 13 heterocycles. The van der Waals surface area contributed by atoms with Crippen molar-refractivity contribution in [2.24, 2.45) is 32.5 Å². The molecule has 1 saturated heterocycles. The smallest absolute Gasteiger partial charge is 0.400 e. The van der Waals surface area contributed by atoms with Crippen molar-refractivity contribution in [2.75, 3.05) is 0 Å². The molecule has 14 aromatic rings. The molecule has 8 aromatic carbocycles. The molecule has 7 aliphatic heterocycles. The average Bonchev–Trinajstić information content (AvgIpc) is 1.47. The summed E-state index contributed by atoms with van der Waals surface area (Å²) in [6.45, 7) is 54.2. The summed E-state index contributed by atoms with van der Waals surface area (Å²) in [6.07, 6.45) is 20.3. The molecule has 0 bridgehead atoms. The maximum absolute atomic E-state index is 13.8. The summed E-state index contributed by atoms with van der Waals surface area (Å²) < 4.78 is 50.6. The van der Waals surface area contributed by atoms with Gasteiger partial charge < -0.3 is 9.31 Å². The number of hydrogen-bond acceptors (Lipinski definition) is 14. The second-order valence-electron chi connectivity index (χ2n) is 42.6. The van der Waals surface area contributed by atoms with Crippen LogP contribution >= 0.6 is 47.8 Å². The molecule has 0 aliphatic carbocycles. The fourth-order valence-electron chi connectivity index (χ4n) is 18.1. The standard InChI is InChI=1S/C22H21FN2O.3C16H18N2O.2C14H15BrN2O.C8H15BO2.C6H4BrF.CH4/c1-22(2)11-12-25-20(14-22)24-19-13-15(8-10-17(19)21(25)26)7-9-16-5-3-4-6-18(16)23;2*1-4-11-5-6-12-13(9-11)17-14-10-16(2,3)7-8-18(14)15(12)19;1-4-11-5-6-12-13(9-11)17-14-7-8-16(2,3)10-18(14)15(12)19;1-14(2)5-6-17-12(8-14)16-11-7-9(15)3-4-10(11)13(17)18;1-14(2)6-5-12-16-11-7-9(15)3-4-10(11)13(18)17(12)8-14;1-6-9-10-7(2,3)8(4,5)11-9;7-5-3-1-2-4-6(5)8;/h3-10,13H,11-12,14H2,1-2H3;3*4-6,9H,1,7-8,10H2,2-3H3;2*3-4,7H,5-6,8H2,1-2H3;6H,1H2,2-5H3;1-4H;1H4/b9-7+;;;;;;;;. The van der Waals surface area contributed by atoms with Crippen LogP contribution in [0.1, 0.15) is 219 Å². The first-order valence-electron chi connectivity index (χ1n) is 47.3. The van der Waals surface area contributed by atoms with Crippen LogP contribution in [0.25, 0.3) is 95.8 Å². The molecule has 20 nitrogen and oxygen atoms in total. The van der Waals surface area contributed by atoms with E-state index >= 15 is 0 Å². The van der Waals surface area contributed by atoms with Crippen molar-refractivity contribution in [1.82, 2.24) is 57.3 Å². The van der Waals surface area contributed by atoms with Crippen LogP contribution in [0, 0.1) is 44.1 Å². The third kappa shape index (κ3) is 24.6. The highest BCUT2D eigenvalue weighted by Crippen LogP contribution is 2.40. The minimum atomic E-state index is -0.253. The van der Waals surface area contributed by atoms with Crippen molar-refractivity contribution in [2.45, 2.75) is 246 Å². The Morgan fingerprint density at radius 3 is 0.906 bits per heavy atom. The zero-order chi connectivity index (χ0) is 99.7. The van der Waals surface area contributed by atoms with E-state index in [9.17, 15) is 37.5 Å². The van der Waals surface area contributed by atoms with Crippen molar-refractivity contribution in [1.29, 1.82) is 0 Å². The molecule has 7 aliphatic rings. The number of aryl methyl sites for hydroxylation is 2. The highest BCUT2D eigenvalue weighted by atomic mass is 79.9. The number of hydrogen-bond donors (Lipinski definition) is 0. The van der Waals surface area contributed by atoms with Gasteiger partial charge in [0.25, 0.3) is 33.4 Å². The molecule has 726 valence electrons. The van der Waals surface area contributed by atoms with E-state index in [1.54, 1.807) is 66.7 Å². The van der Waals surface area contributed by atoms with Crippen molar-refractivity contribution >= 4 is 151 Å². The van der Waals surface area contributed by atoms with Crippen LogP contribution < -0.4 is 33.4 Å². The summed E-state index contributed by atoms with van der Waals surface area (Å²) in [5.74, 6) is 6.64. The van der Waals surface area contributed by atoms with Crippen molar-refractivity contribution in [3.05, 3.63) is 340 Å². The van der Waals surface area contributed by atoms with Gasteiger partial charge in [-0.05, 0) is 240 Å². The average molecular weight is 2070 g/mol. The zero-order valence-corrected chi connectivity index (χ0v) is 86.9. The third-order valence-corrected chi connectivity index (χ3v) is 29.0. The Kier molecular flexibility index (Phi) is 31.8. The number of benzene rings is 8. The molecular formula is C113H128BBr3F2N12O8. The molecular weight excluding hydrogens is 1940 g/mol. The van der Waals surface area contributed by atoms with Gasteiger partial charge >= 0.3 is 7.12 Å². The van der Waals surface area contributed by atoms with Gasteiger partial charge in [0.05, 0.1) is 81.1 Å². The van der Waals surface area contributed by atoms with Gasteiger partial charge in [-0.25, -0.2) is 38.7 Å². The number of nitrogens with zero attached hydrogens (tertiary/aromatic N) is 12. The van der Waals surface area contributed by atoms with E-state index in [-0.39, 0.29) is 103 Å². The summed E-state index contributed by atoms with van der Waals surface area (Å²) in [6, 6.07) is 47.2. The van der Waals surface area contributed by atoms with Crippen LogP contribution in [0.15, 0.2) is 232 Å². The lowest BCUT2D eigenvalue weighted by Crippen LogP contribution is -2.41. The first-order chi connectivity index (χ1) is 65.0. The quantitative estimate of drug-likeness (QED) is 0.111. The van der Waals surface area contributed by atoms with Gasteiger partial charge in [0, 0.05) is 92.3 Å². The molecule has 0 amide bonds. The summed E-state index contributed by atoms with van der Waals surface area (Å²) in [5.41, 5.74) is 10.3. The van der Waals surface area contributed by atoms with Crippen LogP contribution in [0.3, 0.4) is 0 Å². The fourth-order valence-corrected chi connectivity index (χ4v) is 19.1. The first kappa shape index (κ1) is 105. The molecule has 21 rings (SSSR count). The Morgan fingerprint density at radius 1 is 0.331 bits per heavy atom. The van der Waals surface area contributed by atoms with Crippen LogP contribution in [0.4, 0.5) is 8.78 Å². The van der Waals surface area contributed by atoms with Crippen LogP contribution in [0.5, 0.6) is 0 Å². The molecule has 1 fully saturated rings. The molecule has 0 atom stereocenters. The minimum Gasteiger partial charge on any atom is -0.400 e. The zero-order valence-electron chi connectivity index (χ0n) is 82.1. The van der Waals surface area contributed by atoms with Crippen molar-refractivity contribution in [3.63, 3.8) is 0 Å². The molecule has 0 radical (unpaired) electrons. The highest BCUT2D eigenvalue weighted by molar-refractivity contribution is 9.11.